The van der Waals surface area contributed by atoms with E-state index in [2.05, 4.69) is 31.0 Å². The van der Waals surface area contributed by atoms with Crippen LogP contribution in [0.1, 0.15) is 37.7 Å². The van der Waals surface area contributed by atoms with E-state index < -0.39 is 5.82 Å². The molecule has 4 aliphatic rings. The Kier molecular flexibility index (Phi) is 6.84. The van der Waals surface area contributed by atoms with Crippen LogP contribution in [0, 0.1) is 24.1 Å². The molecule has 45 heavy (non-hydrogen) atoms. The molecular formula is C35H34F2N6O2. The molecule has 4 fully saturated rings. The summed E-state index contributed by atoms with van der Waals surface area (Å²) in [4.78, 5) is 18.7. The molecule has 0 amide bonds. The molecule has 4 aromatic rings. The number of nitrogens with zero attached hydrogens (tertiary/aromatic N) is 5. The Bertz CT molecular complexity index is 1880. The predicted octanol–water partition coefficient (Wildman–Crippen LogP) is 5.33. The number of benzene rings is 2. The third kappa shape index (κ3) is 4.68. The monoisotopic (exact) mass is 608 g/mol. The van der Waals surface area contributed by atoms with Crippen LogP contribution >= 0.6 is 0 Å². The Morgan fingerprint density at radius 3 is 2.78 bits per heavy atom. The number of hydrogen-bond acceptors (Lipinski definition) is 8. The number of rotatable bonds is 6. The van der Waals surface area contributed by atoms with Gasteiger partial charge in [0.05, 0.1) is 17.3 Å². The van der Waals surface area contributed by atoms with E-state index in [0.29, 0.717) is 58.1 Å². The molecule has 230 valence electrons. The number of pyridine rings is 1. The second kappa shape index (κ2) is 10.9. The minimum absolute atomic E-state index is 0.0529. The Labute approximate surface area is 260 Å². The number of terminal acetylenes is 1. The first-order chi connectivity index (χ1) is 22.0. The number of ether oxygens (including phenoxy) is 1. The SMILES string of the molecule is C#Cc1cccc2c(O)ccc(-c3ncc4c(N5C[C@H]6CC[C@@H](C5)N6)nc(OCC56CCCN5CC(/C=C/F)C6)nc4c3F)c12. The number of anilines is 1. The van der Waals surface area contributed by atoms with Gasteiger partial charge in [0.15, 0.2) is 5.82 Å². The summed E-state index contributed by atoms with van der Waals surface area (Å²) in [6.45, 7) is 3.57. The van der Waals surface area contributed by atoms with Gasteiger partial charge in [-0.2, -0.15) is 9.97 Å². The van der Waals surface area contributed by atoms with E-state index in [1.54, 1.807) is 36.5 Å². The van der Waals surface area contributed by atoms with Gasteiger partial charge in [0.2, 0.25) is 0 Å². The van der Waals surface area contributed by atoms with Gasteiger partial charge in [-0.3, -0.25) is 9.88 Å². The van der Waals surface area contributed by atoms with Crippen LogP contribution in [0.3, 0.4) is 0 Å². The van der Waals surface area contributed by atoms with Gasteiger partial charge in [0.25, 0.3) is 0 Å². The highest BCUT2D eigenvalue weighted by Crippen LogP contribution is 2.43. The number of halogens is 2. The molecule has 2 N–H and O–H groups in total. The predicted molar refractivity (Wildman–Crippen MR) is 169 cm³/mol. The van der Waals surface area contributed by atoms with Crippen molar-refractivity contribution in [2.24, 2.45) is 5.92 Å². The average Bonchev–Trinajstić information content (AvgIpc) is 3.71. The van der Waals surface area contributed by atoms with Crippen LogP contribution in [0.25, 0.3) is 32.9 Å². The molecule has 6 heterocycles. The fourth-order valence-corrected chi connectivity index (χ4v) is 8.19. The van der Waals surface area contributed by atoms with E-state index in [-0.39, 0.29) is 34.4 Å². The summed E-state index contributed by atoms with van der Waals surface area (Å²) in [5.74, 6) is 2.85. The molecule has 2 unspecified atom stereocenters. The van der Waals surface area contributed by atoms with Crippen molar-refractivity contribution in [1.29, 1.82) is 0 Å². The number of phenols is 1. The molecular weight excluding hydrogens is 574 g/mol. The van der Waals surface area contributed by atoms with Crippen molar-refractivity contribution >= 4 is 27.5 Å². The quantitative estimate of drug-likeness (QED) is 0.284. The zero-order valence-corrected chi connectivity index (χ0v) is 24.8. The molecule has 4 aliphatic heterocycles. The minimum Gasteiger partial charge on any atom is -0.507 e. The van der Waals surface area contributed by atoms with Crippen molar-refractivity contribution in [2.75, 3.05) is 37.7 Å². The summed E-state index contributed by atoms with van der Waals surface area (Å²) in [5.41, 5.74) is 0.979. The van der Waals surface area contributed by atoms with Crippen molar-refractivity contribution in [3.63, 3.8) is 0 Å². The van der Waals surface area contributed by atoms with Crippen molar-refractivity contribution < 1.29 is 18.6 Å². The fourth-order valence-electron chi connectivity index (χ4n) is 8.19. The summed E-state index contributed by atoms with van der Waals surface area (Å²) in [6.07, 6.45) is 14.7. The van der Waals surface area contributed by atoms with Gasteiger partial charge in [0.1, 0.15) is 29.4 Å². The summed E-state index contributed by atoms with van der Waals surface area (Å²) >= 11 is 0. The molecule has 2 aromatic heterocycles. The normalized spacial score (nSPS) is 26.2. The highest BCUT2D eigenvalue weighted by atomic mass is 19.1. The number of nitrogens with one attached hydrogen (secondary N) is 1. The molecule has 2 bridgehead atoms. The number of hydrogen-bond donors (Lipinski definition) is 2. The first-order valence-electron chi connectivity index (χ1n) is 15.7. The van der Waals surface area contributed by atoms with E-state index in [1.165, 1.54) is 6.07 Å². The molecule has 0 aliphatic carbocycles. The Hall–Kier alpha value is -4.33. The van der Waals surface area contributed by atoms with E-state index in [4.69, 9.17) is 16.1 Å². The summed E-state index contributed by atoms with van der Waals surface area (Å²) in [7, 11) is 0. The van der Waals surface area contributed by atoms with E-state index in [1.807, 2.05) is 0 Å². The van der Waals surface area contributed by atoms with Crippen LogP contribution in [0.4, 0.5) is 14.6 Å². The molecule has 4 saturated heterocycles. The number of aromatic hydroxyl groups is 1. The largest absolute Gasteiger partial charge is 0.507 e. The molecule has 2 aromatic carbocycles. The maximum Gasteiger partial charge on any atom is 0.319 e. The van der Waals surface area contributed by atoms with Crippen LogP contribution in [0.2, 0.25) is 0 Å². The maximum atomic E-state index is 16.8. The van der Waals surface area contributed by atoms with E-state index in [9.17, 15) is 9.50 Å². The summed E-state index contributed by atoms with van der Waals surface area (Å²) in [6, 6.07) is 9.24. The lowest BCUT2D eigenvalue weighted by molar-refractivity contribution is 0.107. The highest BCUT2D eigenvalue weighted by Gasteiger charge is 2.48. The van der Waals surface area contributed by atoms with Crippen LogP contribution < -0.4 is 15.0 Å². The van der Waals surface area contributed by atoms with Crippen molar-refractivity contribution in [3.05, 3.63) is 60.3 Å². The summed E-state index contributed by atoms with van der Waals surface area (Å²) in [5, 5.41) is 15.8. The molecule has 0 radical (unpaired) electrons. The second-order valence-corrected chi connectivity index (χ2v) is 12.9. The summed E-state index contributed by atoms with van der Waals surface area (Å²) < 4.78 is 36.2. The smallest absolute Gasteiger partial charge is 0.319 e. The third-order valence-corrected chi connectivity index (χ3v) is 10.2. The van der Waals surface area contributed by atoms with Gasteiger partial charge in [-0.1, -0.05) is 24.1 Å². The topological polar surface area (TPSA) is 86.6 Å². The van der Waals surface area contributed by atoms with E-state index >= 15 is 4.39 Å². The van der Waals surface area contributed by atoms with Gasteiger partial charge in [-0.25, -0.2) is 8.78 Å². The zero-order valence-electron chi connectivity index (χ0n) is 24.8. The lowest BCUT2D eigenvalue weighted by atomic mass is 9.91. The molecule has 10 heteroatoms. The Morgan fingerprint density at radius 2 is 1.98 bits per heavy atom. The number of fused-ring (bicyclic) bond motifs is 5. The molecule has 0 spiro atoms. The van der Waals surface area contributed by atoms with E-state index in [0.717, 1.165) is 58.3 Å². The van der Waals surface area contributed by atoms with Gasteiger partial charge in [-0.15, -0.1) is 6.42 Å². The standard InChI is InChI=1S/C35H34F2N6O2/c1-2-22-5-3-6-25-28(44)10-9-26(29(22)25)31-30(37)32-27(16-38-31)33(42-18-23-7-8-24(19-42)39-23)41-34(40-32)45-20-35-12-4-14-43(35)17-21(15-35)11-13-36/h1,3,5-6,9-11,13,16,21,23-24,39,44H,4,7-8,12,14-15,17-20H2/b13-11+/t21?,23-,24+,35?. The van der Waals surface area contributed by atoms with Crippen LogP contribution in [0.15, 0.2) is 48.9 Å². The first-order valence-corrected chi connectivity index (χ1v) is 15.7. The lowest BCUT2D eigenvalue weighted by Crippen LogP contribution is -2.51. The van der Waals surface area contributed by atoms with Gasteiger partial charge in [-0.05, 0) is 62.8 Å². The average molecular weight is 609 g/mol. The fraction of sp³-hybridized carbons (Fsp3) is 0.400. The number of aromatic nitrogens is 3. The number of piperazine rings is 1. The minimum atomic E-state index is -0.604. The molecule has 8 rings (SSSR count). The third-order valence-electron chi connectivity index (χ3n) is 10.2. The van der Waals surface area contributed by atoms with Crippen molar-refractivity contribution in [1.82, 2.24) is 25.2 Å². The second-order valence-electron chi connectivity index (χ2n) is 12.9. The Morgan fingerprint density at radius 1 is 1.13 bits per heavy atom. The Balaban J connectivity index is 1.24. The van der Waals surface area contributed by atoms with Crippen LogP contribution in [-0.4, -0.2) is 75.4 Å². The van der Waals surface area contributed by atoms with Gasteiger partial charge >= 0.3 is 6.01 Å². The molecule has 0 saturated carbocycles. The number of phenolic OH excluding ortho intramolecular Hbond substituents is 1. The molecule has 4 atom stereocenters. The van der Waals surface area contributed by atoms with Crippen LogP contribution in [0.5, 0.6) is 11.8 Å². The maximum absolute atomic E-state index is 16.8. The highest BCUT2D eigenvalue weighted by molar-refractivity contribution is 6.04. The van der Waals surface area contributed by atoms with Crippen LogP contribution in [-0.2, 0) is 0 Å². The van der Waals surface area contributed by atoms with Gasteiger partial charge in [0, 0.05) is 59.8 Å². The zero-order chi connectivity index (χ0) is 30.7. The van der Waals surface area contributed by atoms with Crippen molar-refractivity contribution in [3.8, 4) is 35.4 Å². The van der Waals surface area contributed by atoms with Gasteiger partial charge < -0.3 is 20.1 Å². The lowest BCUT2D eigenvalue weighted by Gasteiger charge is -2.34. The first kappa shape index (κ1) is 28.2. The van der Waals surface area contributed by atoms with Crippen molar-refractivity contribution in [2.45, 2.75) is 49.7 Å². The molecule has 8 nitrogen and oxygen atoms in total.